The van der Waals surface area contributed by atoms with Gasteiger partial charge >= 0.3 is 6.09 Å². The Hall–Kier alpha value is -1.31. The van der Waals surface area contributed by atoms with Crippen LogP contribution in [-0.4, -0.2) is 55.5 Å². The van der Waals surface area contributed by atoms with Gasteiger partial charge in [0.05, 0.1) is 5.75 Å². The number of rotatable bonds is 4. The van der Waals surface area contributed by atoms with Crippen LogP contribution in [0.15, 0.2) is 24.3 Å². The number of likely N-dealkylation sites (N-methyl/N-ethyl adjacent to an activating group) is 1. The van der Waals surface area contributed by atoms with E-state index in [-0.39, 0.29) is 11.8 Å². The molecule has 0 bridgehead atoms. The van der Waals surface area contributed by atoms with Crippen molar-refractivity contribution in [2.24, 2.45) is 0 Å². The molecule has 1 aliphatic rings. The lowest BCUT2D eigenvalue weighted by molar-refractivity contribution is 0.0163. The SMILES string of the molecule is CN([C@@H]1CCCN(C(=O)OC(C)(C)C)C1)S(=O)(=O)Cc1ccc(Cl)cc1. The second-order valence-electron chi connectivity index (χ2n) is 7.62. The zero-order valence-electron chi connectivity index (χ0n) is 15.7. The summed E-state index contributed by atoms with van der Waals surface area (Å²) in [6, 6.07) is 6.52. The Labute approximate surface area is 161 Å². The molecule has 6 nitrogen and oxygen atoms in total. The van der Waals surface area contributed by atoms with Crippen molar-refractivity contribution >= 4 is 27.7 Å². The average molecular weight is 403 g/mol. The zero-order valence-corrected chi connectivity index (χ0v) is 17.3. The molecule has 0 saturated carbocycles. The minimum Gasteiger partial charge on any atom is -0.444 e. The third kappa shape index (κ3) is 5.86. The average Bonchev–Trinajstić information content (AvgIpc) is 2.54. The van der Waals surface area contributed by atoms with Crippen LogP contribution in [0.2, 0.25) is 5.02 Å². The molecule has 26 heavy (non-hydrogen) atoms. The molecule has 1 aliphatic heterocycles. The number of hydrogen-bond acceptors (Lipinski definition) is 4. The van der Waals surface area contributed by atoms with E-state index in [1.165, 1.54) is 4.31 Å². The van der Waals surface area contributed by atoms with Gasteiger partial charge in [0.1, 0.15) is 5.60 Å². The van der Waals surface area contributed by atoms with Crippen molar-refractivity contribution in [2.45, 2.75) is 51.0 Å². The highest BCUT2D eigenvalue weighted by Gasteiger charge is 2.33. The molecular weight excluding hydrogens is 376 g/mol. The van der Waals surface area contributed by atoms with E-state index in [1.54, 1.807) is 36.2 Å². The van der Waals surface area contributed by atoms with E-state index < -0.39 is 21.7 Å². The Bertz CT molecular complexity index is 729. The minimum absolute atomic E-state index is 0.0936. The van der Waals surface area contributed by atoms with Gasteiger partial charge in [-0.2, -0.15) is 4.31 Å². The van der Waals surface area contributed by atoms with Crippen LogP contribution in [0.3, 0.4) is 0 Å². The predicted octanol–water partition coefficient (Wildman–Crippen LogP) is 3.50. The molecular formula is C18H27ClN2O4S. The van der Waals surface area contributed by atoms with Gasteiger partial charge in [-0.1, -0.05) is 23.7 Å². The van der Waals surface area contributed by atoms with Crippen LogP contribution in [0.25, 0.3) is 0 Å². The van der Waals surface area contributed by atoms with Gasteiger partial charge in [-0.3, -0.25) is 0 Å². The van der Waals surface area contributed by atoms with E-state index in [0.29, 0.717) is 23.7 Å². The number of piperidine rings is 1. The van der Waals surface area contributed by atoms with Crippen molar-refractivity contribution in [3.63, 3.8) is 0 Å². The second-order valence-corrected chi connectivity index (χ2v) is 10.1. The predicted molar refractivity (Wildman–Crippen MR) is 103 cm³/mol. The Morgan fingerprint density at radius 2 is 1.92 bits per heavy atom. The number of likely N-dealkylation sites (tertiary alicyclic amines) is 1. The molecule has 1 saturated heterocycles. The van der Waals surface area contributed by atoms with Gasteiger partial charge in [-0.15, -0.1) is 0 Å². The quantitative estimate of drug-likeness (QED) is 0.772. The Kier molecular flexibility index (Phi) is 6.58. The molecule has 2 rings (SSSR count). The molecule has 1 atom stereocenters. The molecule has 0 unspecified atom stereocenters. The van der Waals surface area contributed by atoms with Crippen LogP contribution in [0.5, 0.6) is 0 Å². The Morgan fingerprint density at radius 1 is 1.31 bits per heavy atom. The van der Waals surface area contributed by atoms with Crippen LogP contribution in [0.1, 0.15) is 39.2 Å². The van der Waals surface area contributed by atoms with Gasteiger partial charge in [-0.05, 0) is 51.3 Å². The van der Waals surface area contributed by atoms with Crippen molar-refractivity contribution in [3.05, 3.63) is 34.9 Å². The number of benzene rings is 1. The third-order valence-electron chi connectivity index (χ3n) is 4.26. The number of nitrogens with zero attached hydrogens (tertiary/aromatic N) is 2. The molecule has 0 radical (unpaired) electrons. The van der Waals surface area contributed by atoms with Gasteiger partial charge in [0, 0.05) is 31.2 Å². The van der Waals surface area contributed by atoms with E-state index in [0.717, 1.165) is 12.8 Å². The standard InChI is InChI=1S/C18H27ClN2O4S/c1-18(2,3)25-17(22)21-11-5-6-16(12-21)20(4)26(23,24)13-14-7-9-15(19)10-8-14/h7-10,16H,5-6,11-13H2,1-4H3/t16-/m1/s1. The number of halogens is 1. The normalized spacial score (nSPS) is 18.8. The van der Waals surface area contributed by atoms with Crippen LogP contribution in [0.4, 0.5) is 4.79 Å². The van der Waals surface area contributed by atoms with Crippen LogP contribution in [-0.2, 0) is 20.5 Å². The fraction of sp³-hybridized carbons (Fsp3) is 0.611. The summed E-state index contributed by atoms with van der Waals surface area (Å²) in [7, 11) is -1.92. The monoisotopic (exact) mass is 402 g/mol. The summed E-state index contributed by atoms with van der Waals surface area (Å²) in [5.41, 5.74) is 0.109. The molecule has 0 aliphatic carbocycles. The molecule has 0 spiro atoms. The molecule has 146 valence electrons. The largest absolute Gasteiger partial charge is 0.444 e. The first-order chi connectivity index (χ1) is 12.0. The highest BCUT2D eigenvalue weighted by atomic mass is 35.5. The molecule has 8 heteroatoms. The fourth-order valence-corrected chi connectivity index (χ4v) is 4.43. The van der Waals surface area contributed by atoms with Crippen molar-refractivity contribution < 1.29 is 17.9 Å². The van der Waals surface area contributed by atoms with Gasteiger partial charge < -0.3 is 9.64 Å². The Morgan fingerprint density at radius 3 is 2.50 bits per heavy atom. The van der Waals surface area contributed by atoms with Crippen LogP contribution >= 0.6 is 11.6 Å². The van der Waals surface area contributed by atoms with Crippen molar-refractivity contribution in [1.29, 1.82) is 0 Å². The van der Waals surface area contributed by atoms with Gasteiger partial charge in [0.25, 0.3) is 0 Å². The lowest BCUT2D eigenvalue weighted by atomic mass is 10.1. The molecule has 1 fully saturated rings. The van der Waals surface area contributed by atoms with Crippen molar-refractivity contribution in [1.82, 2.24) is 9.21 Å². The zero-order chi connectivity index (χ0) is 19.5. The maximum Gasteiger partial charge on any atom is 0.410 e. The van der Waals surface area contributed by atoms with Crippen LogP contribution < -0.4 is 0 Å². The van der Waals surface area contributed by atoms with Crippen molar-refractivity contribution in [2.75, 3.05) is 20.1 Å². The Balaban J connectivity index is 2.04. The lowest BCUT2D eigenvalue weighted by Gasteiger charge is -2.37. The van der Waals surface area contributed by atoms with E-state index in [2.05, 4.69) is 0 Å². The van der Waals surface area contributed by atoms with Gasteiger partial charge in [-0.25, -0.2) is 13.2 Å². The van der Waals surface area contributed by atoms with Gasteiger partial charge in [0.2, 0.25) is 10.0 Å². The first-order valence-corrected chi connectivity index (χ1v) is 10.6. The smallest absolute Gasteiger partial charge is 0.410 e. The number of sulfonamides is 1. The molecule has 1 aromatic rings. The summed E-state index contributed by atoms with van der Waals surface area (Å²) < 4.78 is 32.3. The van der Waals surface area contributed by atoms with Crippen molar-refractivity contribution in [3.8, 4) is 0 Å². The minimum atomic E-state index is -3.50. The maximum atomic E-state index is 12.7. The van der Waals surface area contributed by atoms with Gasteiger partial charge in [0.15, 0.2) is 0 Å². The first kappa shape index (κ1) is 21.0. The van der Waals surface area contributed by atoms with Crippen LogP contribution in [0, 0.1) is 0 Å². The first-order valence-electron chi connectivity index (χ1n) is 8.66. The highest BCUT2D eigenvalue weighted by Crippen LogP contribution is 2.22. The highest BCUT2D eigenvalue weighted by molar-refractivity contribution is 7.88. The second kappa shape index (κ2) is 8.15. The molecule has 1 amide bonds. The molecule has 1 heterocycles. The molecule has 0 aromatic heterocycles. The van der Waals surface area contributed by atoms with E-state index in [1.807, 2.05) is 20.8 Å². The number of ether oxygens (including phenoxy) is 1. The summed E-state index contributed by atoms with van der Waals surface area (Å²) in [4.78, 5) is 13.9. The number of carbonyl (C=O) groups excluding carboxylic acids is 1. The summed E-state index contributed by atoms with van der Waals surface area (Å²) in [5, 5.41) is 0.569. The number of amides is 1. The lowest BCUT2D eigenvalue weighted by Crippen LogP contribution is -2.51. The fourth-order valence-electron chi connectivity index (χ4n) is 2.86. The summed E-state index contributed by atoms with van der Waals surface area (Å²) in [6.45, 7) is 6.36. The van der Waals surface area contributed by atoms with E-state index >= 15 is 0 Å². The summed E-state index contributed by atoms with van der Waals surface area (Å²) in [5.74, 6) is -0.0936. The topological polar surface area (TPSA) is 66.9 Å². The van der Waals surface area contributed by atoms with E-state index in [4.69, 9.17) is 16.3 Å². The van der Waals surface area contributed by atoms with E-state index in [9.17, 15) is 13.2 Å². The number of carbonyl (C=O) groups is 1. The summed E-state index contributed by atoms with van der Waals surface area (Å²) >= 11 is 5.85. The number of hydrogen-bond donors (Lipinski definition) is 0. The maximum absolute atomic E-state index is 12.7. The third-order valence-corrected chi connectivity index (χ3v) is 6.39. The molecule has 0 N–H and O–H groups in total. The molecule has 1 aromatic carbocycles. The summed E-state index contributed by atoms with van der Waals surface area (Å²) in [6.07, 6.45) is 1.06.